The molecule has 1 aliphatic rings. The van der Waals surface area contributed by atoms with Gasteiger partial charge in [-0.05, 0) is 55.2 Å². The van der Waals surface area contributed by atoms with E-state index in [4.69, 9.17) is 9.72 Å². The molecule has 0 atom stereocenters. The van der Waals surface area contributed by atoms with Crippen molar-refractivity contribution in [2.45, 2.75) is 57.0 Å². The monoisotopic (exact) mass is 484 g/mol. The van der Waals surface area contributed by atoms with E-state index in [1.54, 1.807) is 23.5 Å². The molecule has 8 nitrogen and oxygen atoms in total. The maximum Gasteiger partial charge on any atom is 0.243 e. The van der Waals surface area contributed by atoms with Crippen LogP contribution >= 0.6 is 0 Å². The summed E-state index contributed by atoms with van der Waals surface area (Å²) >= 11 is 0. The molecule has 34 heavy (non-hydrogen) atoms. The van der Waals surface area contributed by atoms with Gasteiger partial charge in [0.15, 0.2) is 0 Å². The molecule has 0 aliphatic carbocycles. The average molecular weight is 485 g/mol. The van der Waals surface area contributed by atoms with Gasteiger partial charge in [-0.25, -0.2) is 13.4 Å². The van der Waals surface area contributed by atoms with E-state index in [2.05, 4.69) is 16.8 Å². The summed E-state index contributed by atoms with van der Waals surface area (Å²) in [7, 11) is -1.88. The molecule has 3 aromatic rings. The maximum absolute atomic E-state index is 13.0. The summed E-state index contributed by atoms with van der Waals surface area (Å²) in [4.78, 5) is 17.5. The summed E-state index contributed by atoms with van der Waals surface area (Å²) in [5.41, 5.74) is 2.52. The number of aromatic nitrogens is 2. The number of carbonyl (C=O) groups is 1. The van der Waals surface area contributed by atoms with Crippen LogP contribution in [0.5, 0.6) is 5.75 Å². The van der Waals surface area contributed by atoms with Gasteiger partial charge in [0, 0.05) is 39.0 Å². The molecule has 1 aromatic heterocycles. The Balaban J connectivity index is 1.47. The number of rotatable bonds is 10. The third-order valence-electron chi connectivity index (χ3n) is 6.15. The summed E-state index contributed by atoms with van der Waals surface area (Å²) in [5.74, 6) is 1.49. The molecule has 1 aliphatic heterocycles. The van der Waals surface area contributed by atoms with Crippen LogP contribution in [0.3, 0.4) is 0 Å². The van der Waals surface area contributed by atoms with E-state index in [9.17, 15) is 13.2 Å². The average Bonchev–Trinajstić information content (AvgIpc) is 3.51. The van der Waals surface area contributed by atoms with Gasteiger partial charge >= 0.3 is 0 Å². The zero-order chi connectivity index (χ0) is 24.1. The van der Waals surface area contributed by atoms with Crippen LogP contribution in [0.25, 0.3) is 11.0 Å². The number of ether oxygens (including phenoxy) is 1. The van der Waals surface area contributed by atoms with E-state index in [1.165, 1.54) is 0 Å². The van der Waals surface area contributed by atoms with Crippen LogP contribution in [0.4, 0.5) is 0 Å². The largest absolute Gasteiger partial charge is 0.497 e. The summed E-state index contributed by atoms with van der Waals surface area (Å²) < 4.78 is 34.8. The molecule has 182 valence electrons. The number of hydrogen-bond acceptors (Lipinski definition) is 5. The summed E-state index contributed by atoms with van der Waals surface area (Å²) in [6.45, 7) is 4.42. The van der Waals surface area contributed by atoms with Gasteiger partial charge < -0.3 is 14.6 Å². The Labute approximate surface area is 201 Å². The molecule has 9 heteroatoms. The first-order valence-electron chi connectivity index (χ1n) is 11.8. The highest BCUT2D eigenvalue weighted by Gasteiger charge is 2.27. The smallest absolute Gasteiger partial charge is 0.243 e. The molecule has 1 N–H and O–H groups in total. The first-order valence-corrected chi connectivity index (χ1v) is 13.3. The molecule has 0 bridgehead atoms. The molecule has 0 unspecified atom stereocenters. The number of imidazole rings is 1. The molecule has 1 amide bonds. The number of nitrogens with one attached hydrogen (secondary N) is 1. The molecule has 2 aromatic carbocycles. The van der Waals surface area contributed by atoms with Gasteiger partial charge in [0.05, 0.1) is 23.0 Å². The number of aryl methyl sites for hydroxylation is 2. The second-order valence-electron chi connectivity index (χ2n) is 8.57. The van der Waals surface area contributed by atoms with Crippen molar-refractivity contribution in [1.82, 2.24) is 19.2 Å². The number of benzene rings is 2. The first kappa shape index (κ1) is 24.2. The molecule has 0 spiro atoms. The number of fused-ring (bicyclic) bond motifs is 1. The van der Waals surface area contributed by atoms with Crippen LogP contribution in [-0.2, 0) is 34.3 Å². The fraction of sp³-hybridized carbons (Fsp3) is 0.440. The van der Waals surface area contributed by atoms with Crippen LogP contribution in [-0.4, -0.2) is 48.4 Å². The van der Waals surface area contributed by atoms with Gasteiger partial charge in [-0.2, -0.15) is 4.31 Å². The van der Waals surface area contributed by atoms with Gasteiger partial charge in [0.2, 0.25) is 15.9 Å². The number of hydrogen-bond donors (Lipinski definition) is 1. The van der Waals surface area contributed by atoms with Crippen molar-refractivity contribution >= 4 is 27.0 Å². The van der Waals surface area contributed by atoms with E-state index < -0.39 is 10.0 Å². The van der Waals surface area contributed by atoms with E-state index in [0.29, 0.717) is 38.0 Å². The minimum absolute atomic E-state index is 0.0600. The highest BCUT2D eigenvalue weighted by atomic mass is 32.2. The minimum Gasteiger partial charge on any atom is -0.497 e. The van der Waals surface area contributed by atoms with E-state index in [-0.39, 0.29) is 10.8 Å². The Bertz CT molecular complexity index is 1260. The number of sulfonamides is 1. The number of nitrogens with zero attached hydrogens (tertiary/aromatic N) is 3. The lowest BCUT2D eigenvalue weighted by molar-refractivity contribution is -0.121. The molecule has 4 rings (SSSR count). The second kappa shape index (κ2) is 10.6. The lowest BCUT2D eigenvalue weighted by atomic mass is 10.2. The first-order chi connectivity index (χ1) is 16.4. The Morgan fingerprint density at radius 3 is 2.68 bits per heavy atom. The highest BCUT2D eigenvalue weighted by Crippen LogP contribution is 2.26. The molecule has 0 saturated carbocycles. The van der Waals surface area contributed by atoms with E-state index in [1.807, 2.05) is 30.3 Å². The Hall–Kier alpha value is -2.91. The third-order valence-corrected chi connectivity index (χ3v) is 8.04. The molecule has 0 radical (unpaired) electrons. The lowest BCUT2D eigenvalue weighted by Crippen LogP contribution is -2.27. The van der Waals surface area contributed by atoms with Gasteiger partial charge in [0.25, 0.3) is 0 Å². The normalized spacial score (nSPS) is 14.5. The predicted molar refractivity (Wildman–Crippen MR) is 131 cm³/mol. The zero-order valence-electron chi connectivity index (χ0n) is 19.8. The van der Waals surface area contributed by atoms with Crippen molar-refractivity contribution in [2.24, 2.45) is 0 Å². The predicted octanol–water partition coefficient (Wildman–Crippen LogP) is 3.49. The molecule has 1 saturated heterocycles. The van der Waals surface area contributed by atoms with Gasteiger partial charge in [-0.15, -0.1) is 0 Å². The summed E-state index contributed by atoms with van der Waals surface area (Å²) in [6, 6.07) is 12.8. The van der Waals surface area contributed by atoms with Gasteiger partial charge in [0.1, 0.15) is 11.6 Å². The van der Waals surface area contributed by atoms with E-state index in [0.717, 1.165) is 48.5 Å². The van der Waals surface area contributed by atoms with E-state index >= 15 is 0 Å². The van der Waals surface area contributed by atoms with Crippen molar-refractivity contribution in [3.8, 4) is 5.75 Å². The zero-order valence-corrected chi connectivity index (χ0v) is 20.6. The second-order valence-corrected chi connectivity index (χ2v) is 10.5. The van der Waals surface area contributed by atoms with Crippen molar-refractivity contribution in [3.05, 3.63) is 53.9 Å². The fourth-order valence-corrected chi connectivity index (χ4v) is 5.90. The third kappa shape index (κ3) is 5.26. The van der Waals surface area contributed by atoms with Crippen molar-refractivity contribution in [2.75, 3.05) is 20.2 Å². The van der Waals surface area contributed by atoms with Crippen LogP contribution in [0.2, 0.25) is 0 Å². The summed E-state index contributed by atoms with van der Waals surface area (Å²) in [5, 5.41) is 2.95. The molecular formula is C25H32N4O4S. The summed E-state index contributed by atoms with van der Waals surface area (Å²) in [6.07, 6.45) is 3.49. The topological polar surface area (TPSA) is 93.5 Å². The van der Waals surface area contributed by atoms with Crippen LogP contribution < -0.4 is 10.1 Å². The fourth-order valence-electron chi connectivity index (χ4n) is 4.36. The Morgan fingerprint density at radius 1 is 1.15 bits per heavy atom. The molecule has 2 heterocycles. The molecule has 1 fully saturated rings. The van der Waals surface area contributed by atoms with Gasteiger partial charge in [-0.1, -0.05) is 19.1 Å². The van der Waals surface area contributed by atoms with Crippen molar-refractivity contribution in [1.29, 1.82) is 0 Å². The van der Waals surface area contributed by atoms with Crippen LogP contribution in [0.1, 0.15) is 44.0 Å². The van der Waals surface area contributed by atoms with Crippen molar-refractivity contribution < 1.29 is 17.9 Å². The maximum atomic E-state index is 13.0. The Kier molecular flexibility index (Phi) is 7.53. The SMILES string of the molecule is CCCn1c(CCC(=O)NCc2cccc(OC)c2)nc2cc(S(=O)(=O)N3CCCC3)ccc21. The van der Waals surface area contributed by atoms with Crippen molar-refractivity contribution in [3.63, 3.8) is 0 Å². The molecular weight excluding hydrogens is 452 g/mol. The minimum atomic E-state index is -3.50. The van der Waals surface area contributed by atoms with Gasteiger partial charge in [-0.3, -0.25) is 4.79 Å². The quantitative estimate of drug-likeness (QED) is 0.476. The number of carbonyl (C=O) groups excluding carboxylic acids is 1. The highest BCUT2D eigenvalue weighted by molar-refractivity contribution is 7.89. The Morgan fingerprint density at radius 2 is 1.94 bits per heavy atom. The van der Waals surface area contributed by atoms with Crippen LogP contribution in [0, 0.1) is 0 Å². The number of methoxy groups -OCH3 is 1. The standard InChI is InChI=1S/C25H32N4O4S/c1-3-13-29-23-10-9-21(34(31,32)28-14-4-5-15-28)17-22(23)27-24(29)11-12-25(30)26-18-19-7-6-8-20(16-19)33-2/h6-10,16-17H,3-5,11-15,18H2,1-2H3,(H,26,30). The van der Waals surface area contributed by atoms with Crippen LogP contribution in [0.15, 0.2) is 47.4 Å². The number of amides is 1. The lowest BCUT2D eigenvalue weighted by Gasteiger charge is -2.15.